The summed E-state index contributed by atoms with van der Waals surface area (Å²) in [5.41, 5.74) is 1.50. The highest BCUT2D eigenvalue weighted by molar-refractivity contribution is 7.99. The summed E-state index contributed by atoms with van der Waals surface area (Å²) >= 11 is 1.70. The molecule has 3 aliphatic heterocycles. The number of fused-ring (bicyclic) bond motifs is 1. The number of piperidine rings is 1. The van der Waals surface area contributed by atoms with Crippen molar-refractivity contribution >= 4 is 41.0 Å². The zero-order valence-corrected chi connectivity index (χ0v) is 30.7. The summed E-state index contributed by atoms with van der Waals surface area (Å²) in [5, 5.41) is 12.9. The molecule has 1 N–H and O–H groups in total. The fourth-order valence-corrected chi connectivity index (χ4v) is 9.26. The average molecular weight is 719 g/mol. The summed E-state index contributed by atoms with van der Waals surface area (Å²) < 4.78 is 19.3. The molecule has 0 aliphatic carbocycles. The van der Waals surface area contributed by atoms with E-state index < -0.39 is 29.8 Å². The summed E-state index contributed by atoms with van der Waals surface area (Å²) in [7, 11) is 1.57. The van der Waals surface area contributed by atoms with Crippen molar-refractivity contribution in [2.24, 2.45) is 17.8 Å². The van der Waals surface area contributed by atoms with E-state index in [-0.39, 0.29) is 41.1 Å². The average Bonchev–Trinajstić information content (AvgIpc) is 3.42. The van der Waals surface area contributed by atoms with Gasteiger partial charge < -0.3 is 19.9 Å². The Labute approximate surface area is 305 Å². The Morgan fingerprint density at radius 1 is 0.980 bits per heavy atom. The van der Waals surface area contributed by atoms with Crippen molar-refractivity contribution < 1.29 is 28.3 Å². The molecular weight excluding hydrogens is 668 g/mol. The molecule has 0 spiro atoms. The van der Waals surface area contributed by atoms with E-state index in [4.69, 9.17) is 4.74 Å². The first-order valence-corrected chi connectivity index (χ1v) is 19.6. The first-order valence-electron chi connectivity index (χ1n) is 18.6. The second kappa shape index (κ2) is 18.5. The molecule has 51 heavy (non-hydrogen) atoms. The number of ether oxygens (including phenoxy) is 1. The van der Waals surface area contributed by atoms with Gasteiger partial charge in [0, 0.05) is 30.7 Å². The molecule has 3 heterocycles. The Hall–Kier alpha value is -3.91. The van der Waals surface area contributed by atoms with Crippen LogP contribution in [-0.2, 0) is 25.6 Å². The molecule has 0 radical (unpaired) electrons. The minimum Gasteiger partial charge on any atom is -0.495 e. The highest BCUT2D eigenvalue weighted by Gasteiger charge is 2.41. The van der Waals surface area contributed by atoms with Gasteiger partial charge in [-0.2, -0.15) is 5.26 Å². The minimum absolute atomic E-state index is 0.0264. The number of methoxy groups -OCH3 is 1. The van der Waals surface area contributed by atoms with Gasteiger partial charge in [0.15, 0.2) is 0 Å². The van der Waals surface area contributed by atoms with Crippen LogP contribution in [0.5, 0.6) is 5.75 Å². The van der Waals surface area contributed by atoms with Crippen molar-refractivity contribution in [3.63, 3.8) is 0 Å². The first kappa shape index (κ1) is 38.3. The number of Topliss-reactive ketones (excluding diaryl/α,β-unsaturated/α-hetero) is 1. The number of anilines is 1. The number of carbonyl (C=O) groups excluding carboxylic acids is 4. The van der Waals surface area contributed by atoms with Gasteiger partial charge in [-0.25, -0.2) is 4.39 Å². The lowest BCUT2D eigenvalue weighted by Gasteiger charge is -2.38. The molecule has 3 saturated heterocycles. The summed E-state index contributed by atoms with van der Waals surface area (Å²) in [6.07, 6.45) is 7.79. The molecule has 0 bridgehead atoms. The predicted molar refractivity (Wildman–Crippen MR) is 196 cm³/mol. The number of hydrogen-bond donors (Lipinski definition) is 1. The van der Waals surface area contributed by atoms with Crippen molar-refractivity contribution in [1.29, 1.82) is 5.26 Å². The lowest BCUT2D eigenvalue weighted by Crippen LogP contribution is -2.49. The van der Waals surface area contributed by atoms with E-state index in [0.29, 0.717) is 62.9 Å². The summed E-state index contributed by atoms with van der Waals surface area (Å²) in [4.78, 5) is 59.1. The third kappa shape index (κ3) is 9.70. The maximum Gasteiger partial charge on any atom is 0.249 e. The van der Waals surface area contributed by atoms with Crippen LogP contribution >= 0.6 is 11.8 Å². The van der Waals surface area contributed by atoms with Gasteiger partial charge in [0.1, 0.15) is 29.4 Å². The molecule has 274 valence electrons. The molecule has 3 aliphatic rings. The van der Waals surface area contributed by atoms with E-state index in [9.17, 15) is 28.8 Å². The van der Waals surface area contributed by atoms with Gasteiger partial charge in [-0.3, -0.25) is 19.2 Å². The molecule has 11 heteroatoms. The molecular formula is C40H51FN4O5S. The highest BCUT2D eigenvalue weighted by atomic mass is 32.2. The van der Waals surface area contributed by atoms with E-state index in [1.807, 2.05) is 31.2 Å². The van der Waals surface area contributed by atoms with Gasteiger partial charge in [0.2, 0.25) is 17.7 Å². The Kier molecular flexibility index (Phi) is 13.9. The topological polar surface area (TPSA) is 120 Å². The molecule has 5 rings (SSSR count). The molecule has 9 nitrogen and oxygen atoms in total. The Bertz CT molecular complexity index is 1560. The van der Waals surface area contributed by atoms with Crippen molar-refractivity contribution in [2.45, 2.75) is 108 Å². The van der Waals surface area contributed by atoms with E-state index >= 15 is 0 Å². The maximum absolute atomic E-state index is 14.1. The van der Waals surface area contributed by atoms with E-state index in [1.54, 1.807) is 40.8 Å². The molecule has 3 fully saturated rings. The van der Waals surface area contributed by atoms with E-state index in [2.05, 4.69) is 11.4 Å². The van der Waals surface area contributed by atoms with E-state index in [1.165, 1.54) is 12.1 Å². The fourth-order valence-electron chi connectivity index (χ4n) is 7.82. The van der Waals surface area contributed by atoms with Crippen LogP contribution < -0.4 is 15.0 Å². The van der Waals surface area contributed by atoms with Crippen molar-refractivity contribution in [1.82, 2.24) is 10.2 Å². The zero-order chi connectivity index (χ0) is 36.3. The van der Waals surface area contributed by atoms with Crippen LogP contribution in [0.4, 0.5) is 10.1 Å². The number of hydrogen-bond acceptors (Lipinski definition) is 7. The summed E-state index contributed by atoms with van der Waals surface area (Å²) in [6, 6.07) is 14.7. The number of para-hydroxylation sites is 2. The smallest absolute Gasteiger partial charge is 0.249 e. The number of nitrogens with one attached hydrogen (secondary N) is 1. The second-order valence-electron chi connectivity index (χ2n) is 14.1. The molecule has 0 unspecified atom stereocenters. The quantitative estimate of drug-likeness (QED) is 0.227. The van der Waals surface area contributed by atoms with Crippen LogP contribution in [0.3, 0.4) is 0 Å². The molecule has 2 aromatic carbocycles. The maximum atomic E-state index is 14.1. The highest BCUT2D eigenvalue weighted by Crippen LogP contribution is 2.37. The fraction of sp³-hybridized carbons (Fsp3) is 0.575. The molecule has 3 amide bonds. The number of nitriles is 1. The lowest BCUT2D eigenvalue weighted by molar-refractivity contribution is -0.141. The van der Waals surface area contributed by atoms with Crippen molar-refractivity contribution in [3.8, 4) is 11.8 Å². The Balaban J connectivity index is 1.29. The minimum atomic E-state index is -0.670. The molecule has 0 aromatic heterocycles. The monoisotopic (exact) mass is 718 g/mol. The Morgan fingerprint density at radius 2 is 1.75 bits per heavy atom. The number of rotatable bonds is 14. The van der Waals surface area contributed by atoms with Gasteiger partial charge in [-0.05, 0) is 106 Å². The lowest BCUT2D eigenvalue weighted by atomic mass is 9.82. The van der Waals surface area contributed by atoms with Gasteiger partial charge in [0.25, 0.3) is 0 Å². The third-order valence-electron chi connectivity index (χ3n) is 10.7. The van der Waals surface area contributed by atoms with Crippen LogP contribution in [0.25, 0.3) is 0 Å². The molecule has 6 atom stereocenters. The third-order valence-corrected chi connectivity index (χ3v) is 12.0. The zero-order valence-electron chi connectivity index (χ0n) is 29.9. The normalized spacial score (nSPS) is 23.6. The Morgan fingerprint density at radius 3 is 2.49 bits per heavy atom. The summed E-state index contributed by atoms with van der Waals surface area (Å²) in [5.74, 6) is -0.901. The standard InChI is InChI=1S/C40H51FN4O5S/c1-3-9-28(38(47)43-33-11-6-7-22-44(40(33)49)34-12-4-5-13-36(34)50-2)17-18-29(24-27-15-19-31(41)20-16-27)35(46)25-30-21-23-51-37-14-8-10-32(26-42)45(37)39(30)48/h4-5,12-13,15-16,19-20,28-30,32-33,37H,3,6-11,14,17-18,21-25H2,1-2H3,(H,43,47)/t28-,29+,30+,32-,33-,37-/m0/s1. The largest absolute Gasteiger partial charge is 0.495 e. The van der Waals surface area contributed by atoms with Crippen LogP contribution in [0.2, 0.25) is 0 Å². The SMILES string of the molecule is CCC[C@@H](CC[C@H](Cc1ccc(F)cc1)C(=O)C[C@H]1CCS[C@H]2CCC[C@@H](C#N)N2C1=O)C(=O)N[C@H]1CCCCN(c2ccccc2OC)C1=O. The number of thioether (sulfide) groups is 1. The number of halogens is 1. The van der Waals surface area contributed by atoms with Gasteiger partial charge in [-0.15, -0.1) is 11.8 Å². The summed E-state index contributed by atoms with van der Waals surface area (Å²) in [6.45, 7) is 2.55. The van der Waals surface area contributed by atoms with Crippen molar-refractivity contribution in [3.05, 3.63) is 59.9 Å². The van der Waals surface area contributed by atoms with Gasteiger partial charge >= 0.3 is 0 Å². The van der Waals surface area contributed by atoms with Crippen LogP contribution in [0, 0.1) is 34.9 Å². The van der Waals surface area contributed by atoms with E-state index in [0.717, 1.165) is 43.4 Å². The number of ketones is 1. The van der Waals surface area contributed by atoms with Crippen molar-refractivity contribution in [2.75, 3.05) is 24.3 Å². The molecule has 2 aromatic rings. The second-order valence-corrected chi connectivity index (χ2v) is 15.4. The number of carbonyl (C=O) groups is 4. The number of amides is 3. The predicted octanol–water partition coefficient (Wildman–Crippen LogP) is 6.83. The van der Waals surface area contributed by atoms with Crippen LogP contribution in [0.15, 0.2) is 48.5 Å². The number of benzene rings is 2. The van der Waals surface area contributed by atoms with Crippen LogP contribution in [-0.4, -0.2) is 65.3 Å². The first-order chi connectivity index (χ1) is 24.7. The van der Waals surface area contributed by atoms with Gasteiger partial charge in [-0.1, -0.05) is 37.6 Å². The van der Waals surface area contributed by atoms with Gasteiger partial charge in [0.05, 0.1) is 24.2 Å². The number of nitrogens with zero attached hydrogens (tertiary/aromatic N) is 3. The molecule has 0 saturated carbocycles. The van der Waals surface area contributed by atoms with Crippen LogP contribution in [0.1, 0.15) is 89.5 Å².